The van der Waals surface area contributed by atoms with Gasteiger partial charge in [-0.05, 0) is 65.8 Å². The van der Waals surface area contributed by atoms with Gasteiger partial charge in [-0.15, -0.1) is 0 Å². The van der Waals surface area contributed by atoms with Crippen LogP contribution in [0.15, 0.2) is 72.8 Å². The molecule has 0 N–H and O–H groups in total. The highest BCUT2D eigenvalue weighted by molar-refractivity contribution is 6.99. The van der Waals surface area contributed by atoms with Crippen LogP contribution in [0.1, 0.15) is 72.6 Å². The van der Waals surface area contributed by atoms with E-state index in [1.165, 1.54) is 60.9 Å². The van der Waals surface area contributed by atoms with E-state index in [1.54, 1.807) is 0 Å². The molecule has 0 aromatic heterocycles. The third kappa shape index (κ3) is 5.99. The van der Waals surface area contributed by atoms with Crippen LogP contribution in [0.25, 0.3) is 0 Å². The van der Waals surface area contributed by atoms with Gasteiger partial charge in [-0.2, -0.15) is 0 Å². The van der Waals surface area contributed by atoms with Crippen LogP contribution in [0.3, 0.4) is 0 Å². The van der Waals surface area contributed by atoms with Crippen LogP contribution in [-0.2, 0) is 4.43 Å². The van der Waals surface area contributed by atoms with Crippen LogP contribution in [0.2, 0.25) is 5.04 Å². The molecule has 0 heterocycles. The maximum atomic E-state index is 7.25. The van der Waals surface area contributed by atoms with E-state index in [9.17, 15) is 0 Å². The average Bonchev–Trinajstić information content (AvgIpc) is 3.59. The Morgan fingerprint density at radius 2 is 1.52 bits per heavy atom. The molecule has 0 aliphatic heterocycles. The molecule has 0 radical (unpaired) electrons. The first-order valence-electron chi connectivity index (χ1n) is 12.3. The van der Waals surface area contributed by atoms with Crippen molar-refractivity contribution in [3.8, 4) is 0 Å². The lowest BCUT2D eigenvalue weighted by Gasteiger charge is -2.43. The lowest BCUT2D eigenvalue weighted by atomic mass is 9.95. The van der Waals surface area contributed by atoms with E-state index in [1.807, 2.05) is 0 Å². The molecule has 3 rings (SSSR count). The topological polar surface area (TPSA) is 9.23 Å². The Morgan fingerprint density at radius 3 is 1.97 bits per heavy atom. The Hall–Kier alpha value is -1.64. The van der Waals surface area contributed by atoms with E-state index in [2.05, 4.69) is 94.9 Å². The minimum atomic E-state index is -2.42. The fraction of sp³-hybridized carbons (Fsp3) is 0.517. The van der Waals surface area contributed by atoms with Crippen molar-refractivity contribution in [2.75, 3.05) is 6.61 Å². The lowest BCUT2D eigenvalue weighted by Crippen LogP contribution is -2.67. The van der Waals surface area contributed by atoms with Gasteiger partial charge in [0.15, 0.2) is 0 Å². The third-order valence-electron chi connectivity index (χ3n) is 6.93. The molecule has 1 nitrogen and oxygen atoms in total. The van der Waals surface area contributed by atoms with Crippen molar-refractivity contribution in [2.45, 2.75) is 77.7 Å². The molecule has 1 fully saturated rings. The second-order valence-electron chi connectivity index (χ2n) is 10.5. The largest absolute Gasteiger partial charge is 0.407 e. The predicted octanol–water partition coefficient (Wildman–Crippen LogP) is 7.12. The van der Waals surface area contributed by atoms with E-state index < -0.39 is 8.32 Å². The van der Waals surface area contributed by atoms with Crippen LogP contribution in [0.4, 0.5) is 0 Å². The van der Waals surface area contributed by atoms with Gasteiger partial charge in [-0.25, -0.2) is 0 Å². The summed E-state index contributed by atoms with van der Waals surface area (Å²) in [7, 11) is -2.42. The van der Waals surface area contributed by atoms with Gasteiger partial charge in [0.2, 0.25) is 0 Å². The molecular weight excluding hydrogens is 392 g/mol. The zero-order valence-corrected chi connectivity index (χ0v) is 21.2. The maximum absolute atomic E-state index is 7.25. The quantitative estimate of drug-likeness (QED) is 0.255. The zero-order chi connectivity index (χ0) is 22.3. The molecule has 2 heteroatoms. The maximum Gasteiger partial charge on any atom is 0.261 e. The number of benzene rings is 2. The summed E-state index contributed by atoms with van der Waals surface area (Å²) in [6.07, 6.45) is 8.84. The highest BCUT2D eigenvalue weighted by Crippen LogP contribution is 2.42. The van der Waals surface area contributed by atoms with Gasteiger partial charge in [-0.1, -0.05) is 107 Å². The summed E-state index contributed by atoms with van der Waals surface area (Å²) in [5.74, 6) is 1.54. The normalized spacial score (nSPS) is 15.6. The van der Waals surface area contributed by atoms with Crippen LogP contribution in [-0.4, -0.2) is 14.9 Å². The van der Waals surface area contributed by atoms with E-state index in [0.29, 0.717) is 5.92 Å². The van der Waals surface area contributed by atoms with Gasteiger partial charge in [0, 0.05) is 6.61 Å². The molecule has 31 heavy (non-hydrogen) atoms. The number of rotatable bonds is 12. The van der Waals surface area contributed by atoms with Crippen molar-refractivity contribution < 1.29 is 4.43 Å². The van der Waals surface area contributed by atoms with Gasteiger partial charge >= 0.3 is 0 Å². The smallest absolute Gasteiger partial charge is 0.261 e. The molecule has 2 aromatic rings. The van der Waals surface area contributed by atoms with Crippen molar-refractivity contribution in [1.29, 1.82) is 0 Å². The molecule has 1 atom stereocenters. The summed E-state index contributed by atoms with van der Waals surface area (Å²) in [5.41, 5.74) is 1.42. The van der Waals surface area contributed by atoms with E-state index >= 15 is 0 Å². The zero-order valence-electron chi connectivity index (χ0n) is 20.2. The molecule has 0 bridgehead atoms. The molecule has 1 aliphatic rings. The summed E-state index contributed by atoms with van der Waals surface area (Å²) in [5, 5.41) is 2.83. The summed E-state index contributed by atoms with van der Waals surface area (Å²) in [6.45, 7) is 14.5. The highest BCUT2D eigenvalue weighted by atomic mass is 28.4. The van der Waals surface area contributed by atoms with E-state index in [0.717, 1.165) is 12.5 Å². The van der Waals surface area contributed by atoms with Crippen molar-refractivity contribution in [3.63, 3.8) is 0 Å². The molecule has 0 amide bonds. The summed E-state index contributed by atoms with van der Waals surface area (Å²) in [6, 6.07) is 22.1. The number of allylic oxidation sites excluding steroid dienone is 1. The van der Waals surface area contributed by atoms with Crippen LogP contribution >= 0.6 is 0 Å². The second-order valence-corrected chi connectivity index (χ2v) is 14.8. The molecule has 1 unspecified atom stereocenters. The summed E-state index contributed by atoms with van der Waals surface area (Å²) >= 11 is 0. The summed E-state index contributed by atoms with van der Waals surface area (Å²) in [4.78, 5) is 0. The van der Waals surface area contributed by atoms with Crippen LogP contribution in [0, 0.1) is 11.8 Å². The SMILES string of the molecule is C=C(CCC)CCCC(CO[Si](c1ccccc1)(c1ccccc1)C(C)(C)C)C1CC1. The van der Waals surface area contributed by atoms with Crippen LogP contribution in [0.5, 0.6) is 0 Å². The summed E-state index contributed by atoms with van der Waals surface area (Å²) < 4.78 is 7.25. The standard InChI is InChI=1S/C29H42OSi/c1-6-14-24(2)15-13-16-26(25-21-22-25)23-30-31(29(3,4)5,27-17-9-7-10-18-27)28-19-11-8-12-20-28/h7-12,17-20,25-26H,2,6,13-16,21-23H2,1,3-5H3. The molecule has 2 aromatic carbocycles. The molecule has 168 valence electrons. The second kappa shape index (κ2) is 10.8. The fourth-order valence-corrected chi connectivity index (χ4v) is 9.73. The first-order valence-corrected chi connectivity index (χ1v) is 14.2. The van der Waals surface area contributed by atoms with Gasteiger partial charge in [0.25, 0.3) is 8.32 Å². The van der Waals surface area contributed by atoms with Crippen molar-refractivity contribution in [1.82, 2.24) is 0 Å². The Labute approximate surface area is 192 Å². The molecule has 1 aliphatic carbocycles. The van der Waals surface area contributed by atoms with Gasteiger partial charge < -0.3 is 4.43 Å². The van der Waals surface area contributed by atoms with Crippen molar-refractivity contribution in [3.05, 3.63) is 72.8 Å². The first-order chi connectivity index (χ1) is 14.9. The lowest BCUT2D eigenvalue weighted by molar-refractivity contribution is 0.208. The van der Waals surface area contributed by atoms with Gasteiger partial charge in [0.1, 0.15) is 0 Å². The first kappa shape index (κ1) is 24.0. The molecule has 0 spiro atoms. The van der Waals surface area contributed by atoms with Gasteiger partial charge in [0.05, 0.1) is 0 Å². The third-order valence-corrected chi connectivity index (χ3v) is 11.9. The highest BCUT2D eigenvalue weighted by Gasteiger charge is 2.50. The number of hydrogen-bond acceptors (Lipinski definition) is 1. The number of hydrogen-bond donors (Lipinski definition) is 0. The Bertz CT molecular complexity index is 762. The Balaban J connectivity index is 1.83. The predicted molar refractivity (Wildman–Crippen MR) is 138 cm³/mol. The fourth-order valence-electron chi connectivity index (χ4n) is 5.11. The van der Waals surface area contributed by atoms with Crippen LogP contribution < -0.4 is 10.4 Å². The minimum absolute atomic E-state index is 0.0548. The monoisotopic (exact) mass is 434 g/mol. The average molecular weight is 435 g/mol. The Morgan fingerprint density at radius 1 is 0.968 bits per heavy atom. The van der Waals surface area contributed by atoms with Crippen molar-refractivity contribution in [2.24, 2.45) is 11.8 Å². The Kier molecular flexibility index (Phi) is 8.35. The van der Waals surface area contributed by atoms with E-state index in [4.69, 9.17) is 4.43 Å². The van der Waals surface area contributed by atoms with E-state index in [-0.39, 0.29) is 5.04 Å². The molecular formula is C29H42OSi. The molecule has 0 saturated heterocycles. The van der Waals surface area contributed by atoms with Gasteiger partial charge in [-0.3, -0.25) is 0 Å². The minimum Gasteiger partial charge on any atom is -0.407 e. The van der Waals surface area contributed by atoms with Crippen molar-refractivity contribution >= 4 is 18.7 Å². The molecule has 1 saturated carbocycles.